The van der Waals surface area contributed by atoms with Crippen LogP contribution < -0.4 is 20.2 Å². The molecular weight excluding hydrogens is 461 g/mol. The number of nitrogens with one attached hydrogen (secondary N) is 2. The Labute approximate surface area is 210 Å². The van der Waals surface area contributed by atoms with Gasteiger partial charge >= 0.3 is 11.8 Å². The van der Waals surface area contributed by atoms with Crippen LogP contribution in [0.2, 0.25) is 0 Å². The Morgan fingerprint density at radius 3 is 2.28 bits per heavy atom. The summed E-state index contributed by atoms with van der Waals surface area (Å²) in [6, 6.07) is 19.1. The smallest absolute Gasteiger partial charge is 0.329 e. The van der Waals surface area contributed by atoms with Crippen molar-refractivity contribution in [1.29, 1.82) is 0 Å². The molecule has 0 aliphatic heterocycles. The summed E-state index contributed by atoms with van der Waals surface area (Å²) in [6.45, 7) is 6.98. The van der Waals surface area contributed by atoms with Gasteiger partial charge in [-0.15, -0.1) is 0 Å². The molecule has 0 saturated carbocycles. The van der Waals surface area contributed by atoms with Crippen LogP contribution in [0.15, 0.2) is 71.8 Å². The van der Waals surface area contributed by atoms with Crippen molar-refractivity contribution in [3.63, 3.8) is 0 Å². The van der Waals surface area contributed by atoms with E-state index in [0.29, 0.717) is 29.6 Å². The molecule has 36 heavy (non-hydrogen) atoms. The third kappa shape index (κ3) is 7.94. The molecular formula is C28H30FN3O4. The number of ether oxygens (including phenoxy) is 2. The van der Waals surface area contributed by atoms with Gasteiger partial charge in [0.2, 0.25) is 0 Å². The number of carbonyl (C=O) groups is 2. The SMILES string of the molecule is CCOc1cc(/C=N\NC(=O)C(=O)NCc2ccc(C(C)C)cc2)ccc1OCc1ccc(F)cc1. The lowest BCUT2D eigenvalue weighted by Crippen LogP contribution is -2.37. The van der Waals surface area contributed by atoms with Crippen LogP contribution in [0.3, 0.4) is 0 Å². The van der Waals surface area contributed by atoms with Gasteiger partial charge in [0, 0.05) is 6.54 Å². The number of rotatable bonds is 10. The molecule has 7 nitrogen and oxygen atoms in total. The topological polar surface area (TPSA) is 89.0 Å². The molecule has 0 aromatic heterocycles. The van der Waals surface area contributed by atoms with E-state index in [2.05, 4.69) is 29.7 Å². The largest absolute Gasteiger partial charge is 0.490 e. The summed E-state index contributed by atoms with van der Waals surface area (Å²) in [6.07, 6.45) is 1.40. The summed E-state index contributed by atoms with van der Waals surface area (Å²) in [5, 5.41) is 6.44. The minimum absolute atomic E-state index is 0.242. The number of benzene rings is 3. The van der Waals surface area contributed by atoms with Crippen LogP contribution in [-0.2, 0) is 22.7 Å². The maximum atomic E-state index is 13.1. The van der Waals surface area contributed by atoms with E-state index in [4.69, 9.17) is 9.47 Å². The van der Waals surface area contributed by atoms with Gasteiger partial charge in [0.1, 0.15) is 12.4 Å². The summed E-state index contributed by atoms with van der Waals surface area (Å²) in [4.78, 5) is 24.1. The van der Waals surface area contributed by atoms with Gasteiger partial charge in [-0.25, -0.2) is 9.82 Å². The number of hydrazone groups is 1. The molecule has 0 aliphatic carbocycles. The van der Waals surface area contributed by atoms with Gasteiger partial charge in [0.25, 0.3) is 0 Å². The fraction of sp³-hybridized carbons (Fsp3) is 0.250. The summed E-state index contributed by atoms with van der Waals surface area (Å²) < 4.78 is 24.5. The molecule has 3 aromatic rings. The molecule has 0 aliphatic rings. The van der Waals surface area contributed by atoms with E-state index >= 15 is 0 Å². The highest BCUT2D eigenvalue weighted by molar-refractivity contribution is 6.35. The minimum atomic E-state index is -0.866. The van der Waals surface area contributed by atoms with E-state index in [0.717, 1.165) is 11.1 Å². The third-order valence-electron chi connectivity index (χ3n) is 5.26. The van der Waals surface area contributed by atoms with Gasteiger partial charge in [-0.1, -0.05) is 50.2 Å². The molecule has 188 valence electrons. The van der Waals surface area contributed by atoms with Crippen molar-refractivity contribution in [2.24, 2.45) is 5.10 Å². The van der Waals surface area contributed by atoms with Crippen LogP contribution in [0.4, 0.5) is 4.39 Å². The quantitative estimate of drug-likeness (QED) is 0.245. The number of halogens is 1. The second-order valence-corrected chi connectivity index (χ2v) is 8.33. The van der Waals surface area contributed by atoms with Gasteiger partial charge in [-0.3, -0.25) is 9.59 Å². The first kappa shape index (κ1) is 26.4. The summed E-state index contributed by atoms with van der Waals surface area (Å²) in [7, 11) is 0. The molecule has 0 bridgehead atoms. The number of carbonyl (C=O) groups excluding carboxylic acids is 2. The average Bonchev–Trinajstić information content (AvgIpc) is 2.88. The molecule has 2 N–H and O–H groups in total. The minimum Gasteiger partial charge on any atom is -0.490 e. The number of nitrogens with zero attached hydrogens (tertiary/aromatic N) is 1. The molecule has 0 heterocycles. The van der Waals surface area contributed by atoms with E-state index in [9.17, 15) is 14.0 Å². The number of hydrogen-bond donors (Lipinski definition) is 2. The van der Waals surface area contributed by atoms with Crippen LogP contribution in [0.5, 0.6) is 11.5 Å². The van der Waals surface area contributed by atoms with Crippen molar-refractivity contribution < 1.29 is 23.5 Å². The fourth-order valence-corrected chi connectivity index (χ4v) is 3.23. The Balaban J connectivity index is 1.52. The normalized spacial score (nSPS) is 10.9. The maximum Gasteiger partial charge on any atom is 0.329 e. The zero-order valence-corrected chi connectivity index (χ0v) is 20.6. The Kier molecular flexibility index (Phi) is 9.56. The highest BCUT2D eigenvalue weighted by Gasteiger charge is 2.12. The molecule has 8 heteroatoms. The predicted molar refractivity (Wildman–Crippen MR) is 136 cm³/mol. The van der Waals surface area contributed by atoms with E-state index in [1.165, 1.54) is 23.9 Å². The zero-order valence-electron chi connectivity index (χ0n) is 20.6. The van der Waals surface area contributed by atoms with E-state index in [-0.39, 0.29) is 19.0 Å². The first-order chi connectivity index (χ1) is 17.4. The van der Waals surface area contributed by atoms with Crippen LogP contribution in [0, 0.1) is 5.82 Å². The van der Waals surface area contributed by atoms with Gasteiger partial charge in [0.05, 0.1) is 12.8 Å². The van der Waals surface area contributed by atoms with E-state index < -0.39 is 11.8 Å². The molecule has 3 aromatic carbocycles. The molecule has 0 unspecified atom stereocenters. The van der Waals surface area contributed by atoms with Crippen molar-refractivity contribution >= 4 is 18.0 Å². The van der Waals surface area contributed by atoms with Crippen molar-refractivity contribution in [3.05, 3.63) is 94.8 Å². The molecule has 0 spiro atoms. The fourth-order valence-electron chi connectivity index (χ4n) is 3.23. The second-order valence-electron chi connectivity index (χ2n) is 8.33. The van der Waals surface area contributed by atoms with Crippen molar-refractivity contribution in [1.82, 2.24) is 10.7 Å². The van der Waals surface area contributed by atoms with Crippen LogP contribution in [0.25, 0.3) is 0 Å². The highest BCUT2D eigenvalue weighted by atomic mass is 19.1. The monoisotopic (exact) mass is 491 g/mol. The lowest BCUT2D eigenvalue weighted by atomic mass is 10.0. The number of amides is 2. The Morgan fingerprint density at radius 2 is 1.61 bits per heavy atom. The van der Waals surface area contributed by atoms with E-state index in [1.807, 2.05) is 31.2 Å². The Hall–Kier alpha value is -4.20. The molecule has 3 rings (SSSR count). The molecule has 0 radical (unpaired) electrons. The van der Waals surface area contributed by atoms with Gasteiger partial charge in [-0.05, 0) is 65.4 Å². The van der Waals surface area contributed by atoms with Crippen molar-refractivity contribution in [2.45, 2.75) is 39.8 Å². The van der Waals surface area contributed by atoms with Crippen molar-refractivity contribution in [3.8, 4) is 11.5 Å². The first-order valence-electron chi connectivity index (χ1n) is 11.7. The summed E-state index contributed by atoms with van der Waals surface area (Å²) in [5.41, 5.74) is 5.78. The van der Waals surface area contributed by atoms with E-state index in [1.54, 1.807) is 30.3 Å². The summed E-state index contributed by atoms with van der Waals surface area (Å²) in [5.74, 6) is -0.515. The Morgan fingerprint density at radius 1 is 0.917 bits per heavy atom. The predicted octanol–water partition coefficient (Wildman–Crippen LogP) is 4.69. The molecule has 0 saturated heterocycles. The lowest BCUT2D eigenvalue weighted by molar-refractivity contribution is -0.139. The second kappa shape index (κ2) is 13.0. The summed E-state index contributed by atoms with van der Waals surface area (Å²) >= 11 is 0. The third-order valence-corrected chi connectivity index (χ3v) is 5.26. The lowest BCUT2D eigenvalue weighted by Gasteiger charge is -2.12. The van der Waals surface area contributed by atoms with Crippen molar-refractivity contribution in [2.75, 3.05) is 6.61 Å². The standard InChI is InChI=1S/C28H30FN3O4/c1-4-35-26-15-22(9-14-25(26)36-18-21-7-12-24(29)13-8-21)17-31-32-28(34)27(33)30-16-20-5-10-23(11-6-20)19(2)3/h5-15,17,19H,4,16,18H2,1-3H3,(H,30,33)(H,32,34)/b31-17-. The molecule has 0 fully saturated rings. The van der Waals surface area contributed by atoms with Gasteiger partial charge in [-0.2, -0.15) is 5.10 Å². The van der Waals surface area contributed by atoms with Crippen LogP contribution in [-0.4, -0.2) is 24.6 Å². The maximum absolute atomic E-state index is 13.1. The van der Waals surface area contributed by atoms with Crippen LogP contribution in [0.1, 0.15) is 48.9 Å². The average molecular weight is 492 g/mol. The molecule has 2 amide bonds. The van der Waals surface area contributed by atoms with Crippen LogP contribution >= 0.6 is 0 Å². The number of hydrogen-bond acceptors (Lipinski definition) is 5. The molecule has 0 atom stereocenters. The Bertz CT molecular complexity index is 1190. The highest BCUT2D eigenvalue weighted by Crippen LogP contribution is 2.29. The van der Waals surface area contributed by atoms with Gasteiger partial charge in [0.15, 0.2) is 11.5 Å². The van der Waals surface area contributed by atoms with Gasteiger partial charge < -0.3 is 14.8 Å². The zero-order chi connectivity index (χ0) is 25.9. The first-order valence-corrected chi connectivity index (χ1v) is 11.7.